The van der Waals surface area contributed by atoms with Gasteiger partial charge in [-0.1, -0.05) is 12.2 Å². The number of nitrogens with zero attached hydrogens (tertiary/aromatic N) is 2. The van der Waals surface area contributed by atoms with E-state index in [1.165, 1.54) is 11.3 Å². The second-order valence-electron chi connectivity index (χ2n) is 4.38. The fraction of sp³-hybridized carbons (Fsp3) is 0.583. The maximum atomic E-state index is 5.49. The van der Waals surface area contributed by atoms with E-state index in [1.54, 1.807) is 0 Å². The van der Waals surface area contributed by atoms with E-state index in [-0.39, 0.29) is 6.04 Å². The minimum absolute atomic E-state index is 0.180. The van der Waals surface area contributed by atoms with Gasteiger partial charge in [-0.05, 0) is 39.2 Å². The number of aryl methyl sites for hydroxylation is 2. The Morgan fingerprint density at radius 1 is 1.56 bits per heavy atom. The van der Waals surface area contributed by atoms with Gasteiger partial charge in [-0.2, -0.15) is 5.10 Å². The molecular formula is C12H22N4. The lowest BCUT2D eigenvalue weighted by atomic mass is 10.0. The summed E-state index contributed by atoms with van der Waals surface area (Å²) in [7, 11) is 1.98. The fourth-order valence-electron chi connectivity index (χ4n) is 1.94. The Balaban J connectivity index is 2.70. The van der Waals surface area contributed by atoms with Crippen LogP contribution in [0, 0.1) is 13.8 Å². The predicted molar refractivity (Wildman–Crippen MR) is 66.9 cm³/mol. The van der Waals surface area contributed by atoms with Crippen LogP contribution in [-0.4, -0.2) is 15.8 Å². The maximum Gasteiger partial charge on any atom is 0.0628 e. The lowest BCUT2D eigenvalue weighted by Crippen LogP contribution is -2.36. The number of hydrogen-bond acceptors (Lipinski definition) is 3. The monoisotopic (exact) mass is 222 g/mol. The summed E-state index contributed by atoms with van der Waals surface area (Å²) in [5, 5.41) is 4.40. The van der Waals surface area contributed by atoms with Gasteiger partial charge in [0.25, 0.3) is 0 Å². The van der Waals surface area contributed by atoms with Crippen LogP contribution in [0.15, 0.2) is 12.2 Å². The standard InChI is InChI=1S/C12H22N4/c1-8(2)12(14-13)7-6-11-9(3)15-16(5)10(11)4/h12,14H,1,6-7,13H2,2-5H3. The van der Waals surface area contributed by atoms with E-state index in [9.17, 15) is 0 Å². The number of hydrazine groups is 1. The third-order valence-corrected chi connectivity index (χ3v) is 3.14. The van der Waals surface area contributed by atoms with Crippen LogP contribution in [-0.2, 0) is 13.5 Å². The molecule has 4 nitrogen and oxygen atoms in total. The fourth-order valence-corrected chi connectivity index (χ4v) is 1.94. The van der Waals surface area contributed by atoms with E-state index in [2.05, 4.69) is 24.0 Å². The highest BCUT2D eigenvalue weighted by Crippen LogP contribution is 2.16. The van der Waals surface area contributed by atoms with Gasteiger partial charge in [0.1, 0.15) is 0 Å². The zero-order valence-electron chi connectivity index (χ0n) is 10.7. The molecule has 1 unspecified atom stereocenters. The molecule has 3 N–H and O–H groups in total. The first kappa shape index (κ1) is 12.9. The third-order valence-electron chi connectivity index (χ3n) is 3.14. The summed E-state index contributed by atoms with van der Waals surface area (Å²) in [6.45, 7) is 10.1. The Hall–Kier alpha value is -1.13. The lowest BCUT2D eigenvalue weighted by molar-refractivity contribution is 0.552. The summed E-state index contributed by atoms with van der Waals surface area (Å²) in [5.41, 5.74) is 7.53. The SMILES string of the molecule is C=C(C)C(CCc1c(C)nn(C)c1C)NN. The van der Waals surface area contributed by atoms with E-state index >= 15 is 0 Å². The molecule has 1 atom stereocenters. The van der Waals surface area contributed by atoms with Crippen molar-refractivity contribution in [3.05, 3.63) is 29.1 Å². The summed E-state index contributed by atoms with van der Waals surface area (Å²) in [4.78, 5) is 0. The molecule has 0 aromatic carbocycles. The molecule has 0 fully saturated rings. The van der Waals surface area contributed by atoms with Crippen molar-refractivity contribution < 1.29 is 0 Å². The molecule has 1 aromatic rings. The van der Waals surface area contributed by atoms with Crippen molar-refractivity contribution in [1.82, 2.24) is 15.2 Å². The van der Waals surface area contributed by atoms with Gasteiger partial charge >= 0.3 is 0 Å². The molecule has 4 heteroatoms. The Morgan fingerprint density at radius 2 is 2.19 bits per heavy atom. The van der Waals surface area contributed by atoms with Gasteiger partial charge in [0.15, 0.2) is 0 Å². The van der Waals surface area contributed by atoms with E-state index < -0.39 is 0 Å². The van der Waals surface area contributed by atoms with Crippen molar-refractivity contribution in [3.63, 3.8) is 0 Å². The number of nitrogens with two attached hydrogens (primary N) is 1. The molecule has 0 saturated carbocycles. The van der Waals surface area contributed by atoms with Crippen LogP contribution in [0.25, 0.3) is 0 Å². The largest absolute Gasteiger partial charge is 0.272 e. The van der Waals surface area contributed by atoms with E-state index in [4.69, 9.17) is 5.84 Å². The van der Waals surface area contributed by atoms with Gasteiger partial charge < -0.3 is 0 Å². The molecule has 0 bridgehead atoms. The summed E-state index contributed by atoms with van der Waals surface area (Å²) in [6, 6.07) is 0.180. The first-order valence-corrected chi connectivity index (χ1v) is 5.58. The summed E-state index contributed by atoms with van der Waals surface area (Å²) >= 11 is 0. The third kappa shape index (κ3) is 2.71. The molecule has 1 heterocycles. The van der Waals surface area contributed by atoms with E-state index in [0.29, 0.717) is 0 Å². The van der Waals surface area contributed by atoms with Crippen LogP contribution in [0.1, 0.15) is 30.3 Å². The quantitative estimate of drug-likeness (QED) is 0.449. The molecule has 1 aromatic heterocycles. The molecule has 90 valence electrons. The first-order valence-electron chi connectivity index (χ1n) is 5.58. The van der Waals surface area contributed by atoms with Crippen molar-refractivity contribution in [2.75, 3.05) is 0 Å². The predicted octanol–water partition coefficient (Wildman–Crippen LogP) is 1.38. The van der Waals surface area contributed by atoms with Crippen LogP contribution in [0.2, 0.25) is 0 Å². The Bertz CT molecular complexity index is 379. The van der Waals surface area contributed by atoms with Crippen LogP contribution in [0.4, 0.5) is 0 Å². The van der Waals surface area contributed by atoms with Crippen molar-refractivity contribution in [3.8, 4) is 0 Å². The van der Waals surface area contributed by atoms with Crippen LogP contribution >= 0.6 is 0 Å². The molecule has 0 aliphatic carbocycles. The normalized spacial score (nSPS) is 12.8. The van der Waals surface area contributed by atoms with Crippen LogP contribution in [0.3, 0.4) is 0 Å². The number of rotatable bonds is 5. The number of hydrogen-bond donors (Lipinski definition) is 2. The summed E-state index contributed by atoms with van der Waals surface area (Å²) in [6.07, 6.45) is 1.94. The molecule has 0 saturated heterocycles. The van der Waals surface area contributed by atoms with Gasteiger partial charge in [-0.15, -0.1) is 0 Å². The Kier molecular flexibility index (Phi) is 4.26. The molecule has 0 aliphatic rings. The topological polar surface area (TPSA) is 55.9 Å². The van der Waals surface area contributed by atoms with Crippen molar-refractivity contribution >= 4 is 0 Å². The van der Waals surface area contributed by atoms with Crippen molar-refractivity contribution in [2.45, 2.75) is 39.7 Å². The van der Waals surface area contributed by atoms with Crippen molar-refractivity contribution in [1.29, 1.82) is 0 Å². The minimum Gasteiger partial charge on any atom is -0.272 e. The van der Waals surface area contributed by atoms with Crippen molar-refractivity contribution in [2.24, 2.45) is 12.9 Å². The molecular weight excluding hydrogens is 200 g/mol. The Labute approximate surface area is 97.5 Å². The number of aromatic nitrogens is 2. The zero-order valence-corrected chi connectivity index (χ0v) is 10.7. The van der Waals surface area contributed by atoms with Gasteiger partial charge in [0, 0.05) is 18.8 Å². The highest BCUT2D eigenvalue weighted by molar-refractivity contribution is 5.24. The van der Waals surface area contributed by atoms with Gasteiger partial charge in [-0.3, -0.25) is 16.0 Å². The van der Waals surface area contributed by atoms with Gasteiger partial charge in [0.05, 0.1) is 5.69 Å². The molecule has 0 spiro atoms. The first-order chi connectivity index (χ1) is 7.47. The molecule has 16 heavy (non-hydrogen) atoms. The van der Waals surface area contributed by atoms with Gasteiger partial charge in [-0.25, -0.2) is 0 Å². The molecule has 1 rings (SSSR count). The molecule has 0 radical (unpaired) electrons. The Morgan fingerprint density at radius 3 is 2.56 bits per heavy atom. The smallest absolute Gasteiger partial charge is 0.0628 e. The zero-order chi connectivity index (χ0) is 12.3. The van der Waals surface area contributed by atoms with Gasteiger partial charge in [0.2, 0.25) is 0 Å². The van der Waals surface area contributed by atoms with Crippen LogP contribution < -0.4 is 11.3 Å². The second kappa shape index (κ2) is 5.27. The highest BCUT2D eigenvalue weighted by Gasteiger charge is 2.12. The highest BCUT2D eigenvalue weighted by atomic mass is 15.3. The average Bonchev–Trinajstić information content (AvgIpc) is 2.44. The lowest BCUT2D eigenvalue weighted by Gasteiger charge is -2.15. The van der Waals surface area contributed by atoms with E-state index in [1.807, 2.05) is 25.6 Å². The number of nitrogens with one attached hydrogen (secondary N) is 1. The van der Waals surface area contributed by atoms with E-state index in [0.717, 1.165) is 24.1 Å². The molecule has 0 aliphatic heterocycles. The minimum atomic E-state index is 0.180. The summed E-state index contributed by atoms with van der Waals surface area (Å²) in [5.74, 6) is 5.49. The summed E-state index contributed by atoms with van der Waals surface area (Å²) < 4.78 is 1.93. The average molecular weight is 222 g/mol. The van der Waals surface area contributed by atoms with Crippen LogP contribution in [0.5, 0.6) is 0 Å². The maximum absolute atomic E-state index is 5.49. The molecule has 0 amide bonds. The second-order valence-corrected chi connectivity index (χ2v) is 4.38.